The summed E-state index contributed by atoms with van der Waals surface area (Å²) in [4.78, 5) is 15.6. The maximum Gasteiger partial charge on any atom is 0.378 e. The molecule has 5 heteroatoms. The van der Waals surface area contributed by atoms with Gasteiger partial charge in [-0.15, -0.1) is 5.10 Å². The molecule has 0 bridgehead atoms. The Morgan fingerprint density at radius 1 is 1.60 bits per heavy atom. The minimum absolute atomic E-state index is 0.182. The van der Waals surface area contributed by atoms with E-state index in [-0.39, 0.29) is 5.82 Å². The summed E-state index contributed by atoms with van der Waals surface area (Å²) in [7, 11) is 1.82. The van der Waals surface area contributed by atoms with E-state index in [1.54, 1.807) is 11.6 Å². The smallest absolute Gasteiger partial charge is 0.378 e. The van der Waals surface area contributed by atoms with Crippen molar-refractivity contribution < 1.29 is 9.53 Å². The van der Waals surface area contributed by atoms with Crippen LogP contribution in [0.3, 0.4) is 0 Å². The first kappa shape index (κ1) is 10.1. The third kappa shape index (κ3) is 1.86. The lowest BCUT2D eigenvalue weighted by atomic mass is 9.85. The molecule has 1 saturated carbocycles. The summed E-state index contributed by atoms with van der Waals surface area (Å²) in [5, 5.41) is 4.06. The Morgan fingerprint density at radius 3 is 2.87 bits per heavy atom. The van der Waals surface area contributed by atoms with Crippen molar-refractivity contribution in [3.05, 3.63) is 11.6 Å². The maximum atomic E-state index is 11.4. The quantitative estimate of drug-likeness (QED) is 0.703. The fraction of sp³-hybridized carbons (Fsp3) is 0.700. The van der Waals surface area contributed by atoms with Gasteiger partial charge in [-0.25, -0.2) is 9.78 Å². The predicted molar refractivity (Wildman–Crippen MR) is 53.6 cm³/mol. The summed E-state index contributed by atoms with van der Waals surface area (Å²) in [5.41, 5.74) is 0. The predicted octanol–water partition coefficient (Wildman–Crippen LogP) is 1.26. The van der Waals surface area contributed by atoms with E-state index >= 15 is 0 Å². The van der Waals surface area contributed by atoms with Crippen LogP contribution in [0.2, 0.25) is 0 Å². The van der Waals surface area contributed by atoms with Crippen molar-refractivity contribution in [3.8, 4) is 0 Å². The second kappa shape index (κ2) is 4.00. The van der Waals surface area contributed by atoms with Gasteiger partial charge in [-0.1, -0.05) is 6.42 Å². The van der Waals surface area contributed by atoms with Crippen molar-refractivity contribution in [3.63, 3.8) is 0 Å². The van der Waals surface area contributed by atoms with Crippen molar-refractivity contribution in [2.45, 2.75) is 32.1 Å². The molecular formula is C10H15N3O2. The Balaban J connectivity index is 2.16. The van der Waals surface area contributed by atoms with E-state index in [0.717, 1.165) is 18.7 Å². The van der Waals surface area contributed by atoms with Crippen LogP contribution in [0.5, 0.6) is 0 Å². The fourth-order valence-electron chi connectivity index (χ4n) is 1.70. The molecule has 1 fully saturated rings. The van der Waals surface area contributed by atoms with E-state index in [9.17, 15) is 4.79 Å². The Hall–Kier alpha value is -1.39. The SMILES string of the molecule is CCOC(=O)c1nc(C2CCC2)n(C)n1. The number of rotatable bonds is 3. The number of hydrogen-bond acceptors (Lipinski definition) is 4. The third-order valence-corrected chi connectivity index (χ3v) is 2.73. The molecule has 0 aliphatic heterocycles. The van der Waals surface area contributed by atoms with Gasteiger partial charge in [0.05, 0.1) is 6.61 Å². The van der Waals surface area contributed by atoms with E-state index in [0.29, 0.717) is 12.5 Å². The van der Waals surface area contributed by atoms with E-state index in [4.69, 9.17) is 4.74 Å². The highest BCUT2D eigenvalue weighted by Gasteiger charge is 2.26. The monoisotopic (exact) mass is 209 g/mol. The molecule has 82 valence electrons. The van der Waals surface area contributed by atoms with E-state index in [1.807, 2.05) is 7.05 Å². The molecule has 0 amide bonds. The van der Waals surface area contributed by atoms with E-state index < -0.39 is 5.97 Å². The van der Waals surface area contributed by atoms with Crippen molar-refractivity contribution >= 4 is 5.97 Å². The van der Waals surface area contributed by atoms with Crippen molar-refractivity contribution in [2.75, 3.05) is 6.61 Å². The highest BCUT2D eigenvalue weighted by molar-refractivity contribution is 5.85. The highest BCUT2D eigenvalue weighted by atomic mass is 16.5. The topological polar surface area (TPSA) is 57.0 Å². The van der Waals surface area contributed by atoms with Crippen LogP contribution >= 0.6 is 0 Å². The van der Waals surface area contributed by atoms with Gasteiger partial charge >= 0.3 is 5.97 Å². The summed E-state index contributed by atoms with van der Waals surface area (Å²) >= 11 is 0. The van der Waals surface area contributed by atoms with Crippen LogP contribution in [-0.2, 0) is 11.8 Å². The Morgan fingerprint density at radius 2 is 2.33 bits per heavy atom. The number of carbonyl (C=O) groups is 1. The first-order valence-corrected chi connectivity index (χ1v) is 5.30. The average molecular weight is 209 g/mol. The molecule has 2 rings (SSSR count). The summed E-state index contributed by atoms with van der Waals surface area (Å²) in [6, 6.07) is 0. The molecule has 0 atom stereocenters. The zero-order valence-corrected chi connectivity index (χ0v) is 9.06. The van der Waals surface area contributed by atoms with Gasteiger partial charge in [-0.05, 0) is 19.8 Å². The molecule has 0 radical (unpaired) electrons. The van der Waals surface area contributed by atoms with Gasteiger partial charge in [0, 0.05) is 13.0 Å². The summed E-state index contributed by atoms with van der Waals surface area (Å²) < 4.78 is 6.54. The first-order valence-electron chi connectivity index (χ1n) is 5.30. The Labute approximate surface area is 88.4 Å². The van der Waals surface area contributed by atoms with Crippen LogP contribution < -0.4 is 0 Å². The number of nitrogens with zero attached hydrogens (tertiary/aromatic N) is 3. The molecule has 15 heavy (non-hydrogen) atoms. The van der Waals surface area contributed by atoms with Crippen molar-refractivity contribution in [1.29, 1.82) is 0 Å². The molecule has 1 aromatic rings. The summed E-state index contributed by atoms with van der Waals surface area (Å²) in [6.45, 7) is 2.13. The number of esters is 1. The molecule has 1 aromatic heterocycles. The molecule has 0 spiro atoms. The van der Waals surface area contributed by atoms with E-state index in [2.05, 4.69) is 10.1 Å². The molecule has 1 aliphatic carbocycles. The normalized spacial score (nSPS) is 16.1. The van der Waals surface area contributed by atoms with E-state index in [1.165, 1.54) is 6.42 Å². The number of carbonyl (C=O) groups excluding carboxylic acids is 1. The number of hydrogen-bond donors (Lipinski definition) is 0. The number of aromatic nitrogens is 3. The molecule has 0 unspecified atom stereocenters. The van der Waals surface area contributed by atoms with Gasteiger partial charge < -0.3 is 4.74 Å². The minimum Gasteiger partial charge on any atom is -0.460 e. The van der Waals surface area contributed by atoms with Gasteiger partial charge in [0.2, 0.25) is 0 Å². The minimum atomic E-state index is -0.432. The second-order valence-electron chi connectivity index (χ2n) is 3.77. The van der Waals surface area contributed by atoms with Crippen LogP contribution in [0.4, 0.5) is 0 Å². The lowest BCUT2D eigenvalue weighted by molar-refractivity contribution is 0.0511. The van der Waals surface area contributed by atoms with Crippen molar-refractivity contribution in [2.24, 2.45) is 7.05 Å². The molecule has 0 N–H and O–H groups in total. The molecule has 1 aliphatic rings. The molecule has 0 aromatic carbocycles. The third-order valence-electron chi connectivity index (χ3n) is 2.73. The molecule has 1 heterocycles. The van der Waals surface area contributed by atoms with Gasteiger partial charge in [0.15, 0.2) is 0 Å². The van der Waals surface area contributed by atoms with Crippen molar-refractivity contribution in [1.82, 2.24) is 14.8 Å². The van der Waals surface area contributed by atoms with Gasteiger partial charge in [-0.2, -0.15) is 0 Å². The standard InChI is InChI=1S/C10H15N3O2/c1-3-15-10(14)8-11-9(13(2)12-8)7-5-4-6-7/h7H,3-6H2,1-2H3. The lowest BCUT2D eigenvalue weighted by Gasteiger charge is -2.23. The van der Waals surface area contributed by atoms with Gasteiger partial charge in [-0.3, -0.25) is 4.68 Å². The van der Waals surface area contributed by atoms with Crippen LogP contribution in [0.25, 0.3) is 0 Å². The average Bonchev–Trinajstić information content (AvgIpc) is 2.46. The maximum absolute atomic E-state index is 11.4. The van der Waals surface area contributed by atoms with Crippen LogP contribution in [0, 0.1) is 0 Å². The summed E-state index contributed by atoms with van der Waals surface area (Å²) in [5.74, 6) is 1.13. The fourth-order valence-corrected chi connectivity index (χ4v) is 1.70. The first-order chi connectivity index (χ1) is 7.22. The summed E-state index contributed by atoms with van der Waals surface area (Å²) in [6.07, 6.45) is 3.54. The lowest BCUT2D eigenvalue weighted by Crippen LogP contribution is -2.14. The van der Waals surface area contributed by atoms with Crippen LogP contribution in [-0.4, -0.2) is 27.3 Å². The zero-order valence-electron chi connectivity index (χ0n) is 9.06. The largest absolute Gasteiger partial charge is 0.460 e. The number of ether oxygens (including phenoxy) is 1. The van der Waals surface area contributed by atoms with Crippen LogP contribution in [0.1, 0.15) is 48.5 Å². The Kier molecular flexibility index (Phi) is 2.70. The Bertz CT molecular complexity index is 369. The molecule has 0 saturated heterocycles. The van der Waals surface area contributed by atoms with Gasteiger partial charge in [0.1, 0.15) is 5.82 Å². The van der Waals surface area contributed by atoms with Gasteiger partial charge in [0.25, 0.3) is 5.82 Å². The zero-order chi connectivity index (χ0) is 10.8. The molecular weight excluding hydrogens is 194 g/mol. The number of aryl methyl sites for hydroxylation is 1. The highest BCUT2D eigenvalue weighted by Crippen LogP contribution is 2.34. The molecule has 5 nitrogen and oxygen atoms in total. The second-order valence-corrected chi connectivity index (χ2v) is 3.77. The van der Waals surface area contributed by atoms with Crippen LogP contribution in [0.15, 0.2) is 0 Å².